The third-order valence-corrected chi connectivity index (χ3v) is 3.27. The first-order chi connectivity index (χ1) is 7.49. The number of hydrogen-bond donors (Lipinski definition) is 2. The largest absolute Gasteiger partial charge is 0.508 e. The molecule has 1 unspecified atom stereocenters. The molecule has 0 bridgehead atoms. The van der Waals surface area contributed by atoms with Crippen LogP contribution in [0.1, 0.15) is 32.8 Å². The first kappa shape index (κ1) is 13.5. The number of rotatable bonds is 5. The van der Waals surface area contributed by atoms with Gasteiger partial charge in [-0.2, -0.15) is 0 Å². The molecule has 0 saturated heterocycles. The van der Waals surface area contributed by atoms with E-state index in [2.05, 4.69) is 42.0 Å². The van der Waals surface area contributed by atoms with Crippen LogP contribution in [0, 0.1) is 5.92 Å². The topological polar surface area (TPSA) is 32.3 Å². The number of nitrogens with one attached hydrogen (secondary N) is 1. The van der Waals surface area contributed by atoms with Gasteiger partial charge in [0.25, 0.3) is 0 Å². The molecule has 1 atom stereocenters. The van der Waals surface area contributed by atoms with E-state index < -0.39 is 0 Å². The highest BCUT2D eigenvalue weighted by molar-refractivity contribution is 9.10. The van der Waals surface area contributed by atoms with Gasteiger partial charge < -0.3 is 10.4 Å². The van der Waals surface area contributed by atoms with Gasteiger partial charge in [-0.15, -0.1) is 0 Å². The summed E-state index contributed by atoms with van der Waals surface area (Å²) in [4.78, 5) is 0. The maximum atomic E-state index is 9.40. The number of phenolic OH excluding ortho intramolecular Hbond substituents is 1. The molecule has 16 heavy (non-hydrogen) atoms. The maximum absolute atomic E-state index is 9.40. The Balaban J connectivity index is 2.51. The van der Waals surface area contributed by atoms with Crippen molar-refractivity contribution in [2.75, 3.05) is 0 Å². The zero-order valence-corrected chi connectivity index (χ0v) is 11.7. The Morgan fingerprint density at radius 2 is 2.00 bits per heavy atom. The van der Waals surface area contributed by atoms with Gasteiger partial charge in [-0.25, -0.2) is 0 Å². The van der Waals surface area contributed by atoms with Crippen molar-refractivity contribution in [1.29, 1.82) is 0 Å². The molecule has 0 spiro atoms. The summed E-state index contributed by atoms with van der Waals surface area (Å²) in [5.41, 5.74) is 1.09. The van der Waals surface area contributed by atoms with Gasteiger partial charge in [-0.3, -0.25) is 0 Å². The average molecular weight is 286 g/mol. The van der Waals surface area contributed by atoms with Crippen LogP contribution < -0.4 is 5.32 Å². The molecule has 0 aliphatic carbocycles. The quantitative estimate of drug-likeness (QED) is 0.865. The molecule has 1 aromatic carbocycles. The van der Waals surface area contributed by atoms with Gasteiger partial charge in [0.05, 0.1) is 0 Å². The van der Waals surface area contributed by atoms with E-state index in [0.717, 1.165) is 23.0 Å². The summed E-state index contributed by atoms with van der Waals surface area (Å²) in [6.45, 7) is 7.42. The van der Waals surface area contributed by atoms with Crippen LogP contribution >= 0.6 is 15.9 Å². The van der Waals surface area contributed by atoms with Crippen molar-refractivity contribution < 1.29 is 5.11 Å². The standard InChI is InChI=1S/C13H20BrNO/c1-9(2)6-10(3)15-8-11-7-12(16)4-5-13(11)14/h4-5,7,9-10,15-16H,6,8H2,1-3H3. The van der Waals surface area contributed by atoms with Gasteiger partial charge in [0.2, 0.25) is 0 Å². The molecule has 0 saturated carbocycles. The SMILES string of the molecule is CC(C)CC(C)NCc1cc(O)ccc1Br. The molecule has 1 rings (SSSR count). The summed E-state index contributed by atoms with van der Waals surface area (Å²) in [6, 6.07) is 5.85. The zero-order chi connectivity index (χ0) is 12.1. The molecule has 2 N–H and O–H groups in total. The van der Waals surface area contributed by atoms with E-state index in [0.29, 0.717) is 17.7 Å². The number of benzene rings is 1. The van der Waals surface area contributed by atoms with Crippen LogP contribution in [0.4, 0.5) is 0 Å². The molecule has 1 aromatic rings. The molecule has 0 fully saturated rings. The van der Waals surface area contributed by atoms with Crippen molar-refractivity contribution in [2.45, 2.75) is 39.8 Å². The summed E-state index contributed by atoms with van der Waals surface area (Å²) >= 11 is 3.48. The molecular formula is C13H20BrNO. The molecule has 0 heterocycles. The van der Waals surface area contributed by atoms with E-state index in [4.69, 9.17) is 0 Å². The van der Waals surface area contributed by atoms with Crippen molar-refractivity contribution in [2.24, 2.45) is 5.92 Å². The fraction of sp³-hybridized carbons (Fsp3) is 0.538. The minimum absolute atomic E-state index is 0.316. The third-order valence-electron chi connectivity index (χ3n) is 2.50. The third kappa shape index (κ3) is 4.54. The lowest BCUT2D eigenvalue weighted by molar-refractivity contribution is 0.439. The highest BCUT2D eigenvalue weighted by Gasteiger charge is 2.06. The van der Waals surface area contributed by atoms with Crippen LogP contribution in [0.2, 0.25) is 0 Å². The van der Waals surface area contributed by atoms with E-state index in [1.165, 1.54) is 0 Å². The van der Waals surface area contributed by atoms with Gasteiger partial charge in [-0.1, -0.05) is 29.8 Å². The fourth-order valence-electron chi connectivity index (χ4n) is 1.77. The Kier molecular flexibility index (Phi) is 5.29. The summed E-state index contributed by atoms with van der Waals surface area (Å²) in [5, 5.41) is 12.9. The Hall–Kier alpha value is -0.540. The van der Waals surface area contributed by atoms with Crippen LogP contribution in [0.3, 0.4) is 0 Å². The minimum Gasteiger partial charge on any atom is -0.508 e. The minimum atomic E-state index is 0.316. The molecule has 0 radical (unpaired) electrons. The summed E-state index contributed by atoms with van der Waals surface area (Å²) < 4.78 is 1.04. The molecule has 2 nitrogen and oxygen atoms in total. The van der Waals surface area contributed by atoms with Crippen LogP contribution in [0.25, 0.3) is 0 Å². The van der Waals surface area contributed by atoms with E-state index in [9.17, 15) is 5.11 Å². The summed E-state index contributed by atoms with van der Waals surface area (Å²) in [5.74, 6) is 1.02. The highest BCUT2D eigenvalue weighted by atomic mass is 79.9. The van der Waals surface area contributed by atoms with E-state index in [1.807, 2.05) is 6.07 Å². The summed E-state index contributed by atoms with van der Waals surface area (Å²) in [7, 11) is 0. The monoisotopic (exact) mass is 285 g/mol. The lowest BCUT2D eigenvalue weighted by Gasteiger charge is -2.16. The second kappa shape index (κ2) is 6.26. The Labute approximate surface area is 106 Å². The number of hydrogen-bond acceptors (Lipinski definition) is 2. The summed E-state index contributed by atoms with van der Waals surface area (Å²) in [6.07, 6.45) is 1.16. The first-order valence-electron chi connectivity index (χ1n) is 5.69. The maximum Gasteiger partial charge on any atom is 0.115 e. The number of aromatic hydroxyl groups is 1. The first-order valence-corrected chi connectivity index (χ1v) is 6.49. The molecule has 0 aliphatic heterocycles. The Morgan fingerprint density at radius 1 is 1.31 bits per heavy atom. The van der Waals surface area contributed by atoms with Crippen molar-refractivity contribution >= 4 is 15.9 Å². The molecule has 3 heteroatoms. The molecule has 0 amide bonds. The number of halogens is 1. The van der Waals surface area contributed by atoms with Crippen LogP contribution in [-0.2, 0) is 6.54 Å². The van der Waals surface area contributed by atoms with Gasteiger partial charge in [-0.05, 0) is 43.0 Å². The predicted octanol–water partition coefficient (Wildman–Crippen LogP) is 3.68. The highest BCUT2D eigenvalue weighted by Crippen LogP contribution is 2.21. The second-order valence-electron chi connectivity index (χ2n) is 4.69. The molecular weight excluding hydrogens is 266 g/mol. The lowest BCUT2D eigenvalue weighted by Crippen LogP contribution is -2.26. The van der Waals surface area contributed by atoms with Crippen LogP contribution in [-0.4, -0.2) is 11.1 Å². The smallest absolute Gasteiger partial charge is 0.115 e. The van der Waals surface area contributed by atoms with Crippen molar-refractivity contribution in [3.05, 3.63) is 28.2 Å². The molecule has 0 aliphatic rings. The lowest BCUT2D eigenvalue weighted by atomic mass is 10.1. The van der Waals surface area contributed by atoms with Crippen LogP contribution in [0.15, 0.2) is 22.7 Å². The van der Waals surface area contributed by atoms with E-state index >= 15 is 0 Å². The number of phenols is 1. The van der Waals surface area contributed by atoms with Gasteiger partial charge in [0.15, 0.2) is 0 Å². The van der Waals surface area contributed by atoms with E-state index in [-0.39, 0.29) is 0 Å². The Morgan fingerprint density at radius 3 is 2.62 bits per heavy atom. The van der Waals surface area contributed by atoms with Gasteiger partial charge in [0, 0.05) is 17.1 Å². The Bertz CT molecular complexity index is 339. The molecule has 0 aromatic heterocycles. The van der Waals surface area contributed by atoms with E-state index in [1.54, 1.807) is 12.1 Å². The van der Waals surface area contributed by atoms with Crippen molar-refractivity contribution in [3.8, 4) is 5.75 Å². The van der Waals surface area contributed by atoms with Crippen molar-refractivity contribution in [1.82, 2.24) is 5.32 Å². The normalized spacial score (nSPS) is 13.1. The average Bonchev–Trinajstić information content (AvgIpc) is 2.18. The zero-order valence-electron chi connectivity index (χ0n) is 10.1. The van der Waals surface area contributed by atoms with Crippen molar-refractivity contribution in [3.63, 3.8) is 0 Å². The van der Waals surface area contributed by atoms with Crippen LogP contribution in [0.5, 0.6) is 5.75 Å². The predicted molar refractivity (Wildman–Crippen MR) is 71.6 cm³/mol. The molecule has 90 valence electrons. The fourth-order valence-corrected chi connectivity index (χ4v) is 2.16. The van der Waals surface area contributed by atoms with Gasteiger partial charge in [0.1, 0.15) is 5.75 Å². The second-order valence-corrected chi connectivity index (χ2v) is 5.54. The van der Waals surface area contributed by atoms with Gasteiger partial charge >= 0.3 is 0 Å².